The van der Waals surface area contributed by atoms with Gasteiger partial charge in [-0.1, -0.05) is 30.3 Å². The maximum absolute atomic E-state index is 12.9. The summed E-state index contributed by atoms with van der Waals surface area (Å²) in [4.78, 5) is 26.4. The molecule has 29 heavy (non-hydrogen) atoms. The Morgan fingerprint density at radius 2 is 1.69 bits per heavy atom. The third-order valence-electron chi connectivity index (χ3n) is 4.85. The molecular formula is C23H23NO4S. The molecule has 0 unspecified atom stereocenters. The minimum Gasteiger partial charge on any atom is -0.496 e. The van der Waals surface area contributed by atoms with Crippen LogP contribution in [0.4, 0.5) is 5.00 Å². The number of rotatable bonds is 5. The lowest BCUT2D eigenvalue weighted by molar-refractivity contribution is 0.0603. The lowest BCUT2D eigenvalue weighted by Gasteiger charge is -2.11. The van der Waals surface area contributed by atoms with Crippen LogP contribution in [0.1, 0.15) is 36.7 Å². The minimum absolute atomic E-state index is 0.347. The van der Waals surface area contributed by atoms with Gasteiger partial charge in [0.25, 0.3) is 5.91 Å². The summed E-state index contributed by atoms with van der Waals surface area (Å²) >= 11 is 1.35. The molecule has 1 amide bonds. The van der Waals surface area contributed by atoms with Gasteiger partial charge >= 0.3 is 5.97 Å². The van der Waals surface area contributed by atoms with E-state index in [1.807, 2.05) is 39.0 Å². The highest BCUT2D eigenvalue weighted by atomic mass is 32.1. The number of anilines is 1. The van der Waals surface area contributed by atoms with Gasteiger partial charge in [0.2, 0.25) is 0 Å². The first-order chi connectivity index (χ1) is 13.9. The number of thiophene rings is 1. The molecule has 0 aliphatic rings. The molecule has 0 aliphatic carbocycles. The Morgan fingerprint density at radius 3 is 2.34 bits per heavy atom. The molecule has 0 saturated heterocycles. The van der Waals surface area contributed by atoms with Crippen molar-refractivity contribution in [3.05, 3.63) is 69.6 Å². The lowest BCUT2D eigenvalue weighted by Crippen LogP contribution is -2.15. The zero-order valence-corrected chi connectivity index (χ0v) is 17.9. The van der Waals surface area contributed by atoms with Crippen molar-refractivity contribution >= 4 is 28.2 Å². The molecule has 2 aromatic carbocycles. The van der Waals surface area contributed by atoms with Gasteiger partial charge in [-0.05, 0) is 49.6 Å². The van der Waals surface area contributed by atoms with Gasteiger partial charge in [-0.15, -0.1) is 11.3 Å². The van der Waals surface area contributed by atoms with Gasteiger partial charge in [0.1, 0.15) is 16.3 Å². The van der Waals surface area contributed by atoms with Crippen molar-refractivity contribution in [2.45, 2.75) is 20.8 Å². The van der Waals surface area contributed by atoms with Gasteiger partial charge < -0.3 is 14.8 Å². The molecular weight excluding hydrogens is 386 g/mol. The number of hydrogen-bond donors (Lipinski definition) is 1. The quantitative estimate of drug-likeness (QED) is 0.574. The lowest BCUT2D eigenvalue weighted by atomic mass is 9.97. The molecule has 0 atom stereocenters. The number of nitrogens with one attached hydrogen (secondary N) is 1. The third-order valence-corrected chi connectivity index (χ3v) is 5.87. The molecule has 6 heteroatoms. The van der Waals surface area contributed by atoms with E-state index in [2.05, 4.69) is 5.32 Å². The average Bonchev–Trinajstić information content (AvgIpc) is 3.04. The molecule has 0 radical (unpaired) electrons. The monoisotopic (exact) mass is 409 g/mol. The van der Waals surface area contributed by atoms with Crippen molar-refractivity contribution < 1.29 is 19.1 Å². The van der Waals surface area contributed by atoms with Crippen LogP contribution in [0.15, 0.2) is 42.5 Å². The van der Waals surface area contributed by atoms with Gasteiger partial charge in [0.15, 0.2) is 0 Å². The zero-order chi connectivity index (χ0) is 21.1. The van der Waals surface area contributed by atoms with Gasteiger partial charge in [0.05, 0.1) is 19.8 Å². The first-order valence-electron chi connectivity index (χ1n) is 9.11. The molecule has 0 bridgehead atoms. The molecule has 150 valence electrons. The molecule has 0 spiro atoms. The number of carbonyl (C=O) groups excluding carboxylic acids is 2. The largest absolute Gasteiger partial charge is 0.496 e. The summed E-state index contributed by atoms with van der Waals surface area (Å²) in [5.41, 5.74) is 4.75. The maximum atomic E-state index is 12.9. The Balaban J connectivity index is 2.09. The van der Waals surface area contributed by atoms with E-state index < -0.39 is 5.97 Å². The standard InChI is InChI=1S/C23H23NO4S/c1-13-10-11-16(12-14(13)2)19-15(3)29-22(20(19)23(26)28-5)24-21(25)17-8-6-7-9-18(17)27-4/h6-12H,1-5H3,(H,24,25). The predicted molar refractivity (Wildman–Crippen MR) is 116 cm³/mol. The fraction of sp³-hybridized carbons (Fsp3) is 0.217. The zero-order valence-electron chi connectivity index (χ0n) is 17.1. The van der Waals surface area contributed by atoms with Crippen molar-refractivity contribution in [2.75, 3.05) is 19.5 Å². The fourth-order valence-electron chi connectivity index (χ4n) is 3.18. The Kier molecular flexibility index (Phi) is 6.03. The fourth-order valence-corrected chi connectivity index (χ4v) is 4.24. The van der Waals surface area contributed by atoms with E-state index in [0.29, 0.717) is 21.9 Å². The van der Waals surface area contributed by atoms with E-state index in [1.165, 1.54) is 31.1 Å². The average molecular weight is 410 g/mol. The summed E-state index contributed by atoms with van der Waals surface area (Å²) in [6, 6.07) is 13.0. The smallest absolute Gasteiger partial charge is 0.341 e. The maximum Gasteiger partial charge on any atom is 0.341 e. The molecule has 1 heterocycles. The van der Waals surface area contributed by atoms with Crippen molar-refractivity contribution in [2.24, 2.45) is 0 Å². The summed E-state index contributed by atoms with van der Waals surface area (Å²) in [5, 5.41) is 3.33. The van der Waals surface area contributed by atoms with Crippen LogP contribution < -0.4 is 10.1 Å². The number of carbonyl (C=O) groups is 2. The highest BCUT2D eigenvalue weighted by Crippen LogP contribution is 2.41. The van der Waals surface area contributed by atoms with E-state index in [-0.39, 0.29) is 5.91 Å². The number of aryl methyl sites for hydroxylation is 3. The number of para-hydroxylation sites is 1. The van der Waals surface area contributed by atoms with E-state index in [4.69, 9.17) is 9.47 Å². The number of amides is 1. The number of hydrogen-bond acceptors (Lipinski definition) is 5. The molecule has 0 saturated carbocycles. The van der Waals surface area contributed by atoms with Crippen molar-refractivity contribution in [3.63, 3.8) is 0 Å². The molecule has 1 aromatic heterocycles. The summed E-state index contributed by atoms with van der Waals surface area (Å²) in [6.07, 6.45) is 0. The van der Waals surface area contributed by atoms with Crippen LogP contribution in [-0.2, 0) is 4.74 Å². The topological polar surface area (TPSA) is 64.6 Å². The van der Waals surface area contributed by atoms with E-state index in [9.17, 15) is 9.59 Å². The number of esters is 1. The van der Waals surface area contributed by atoms with Gasteiger partial charge in [-0.25, -0.2) is 4.79 Å². The summed E-state index contributed by atoms with van der Waals surface area (Å²) in [5.74, 6) is -0.370. The van der Waals surface area contributed by atoms with Crippen LogP contribution in [0.3, 0.4) is 0 Å². The Bertz CT molecular complexity index is 1080. The SMILES string of the molecule is COC(=O)c1c(NC(=O)c2ccccc2OC)sc(C)c1-c1ccc(C)c(C)c1. The van der Waals surface area contributed by atoms with Gasteiger partial charge in [-0.3, -0.25) is 4.79 Å². The molecule has 0 fully saturated rings. The first kappa shape index (κ1) is 20.6. The summed E-state index contributed by atoms with van der Waals surface area (Å²) in [6.45, 7) is 6.00. The Morgan fingerprint density at radius 1 is 0.966 bits per heavy atom. The number of methoxy groups -OCH3 is 2. The summed E-state index contributed by atoms with van der Waals surface area (Å²) < 4.78 is 10.3. The van der Waals surface area contributed by atoms with E-state index in [1.54, 1.807) is 24.3 Å². The second-order valence-corrected chi connectivity index (χ2v) is 7.91. The number of benzene rings is 2. The molecule has 3 aromatic rings. The Hall–Kier alpha value is -3.12. The number of ether oxygens (including phenoxy) is 2. The molecule has 1 N–H and O–H groups in total. The molecule has 5 nitrogen and oxygen atoms in total. The van der Waals surface area contributed by atoms with Crippen LogP contribution in [0.5, 0.6) is 5.75 Å². The van der Waals surface area contributed by atoms with Crippen LogP contribution in [-0.4, -0.2) is 26.1 Å². The van der Waals surface area contributed by atoms with Crippen LogP contribution in [0, 0.1) is 20.8 Å². The minimum atomic E-state index is -0.488. The van der Waals surface area contributed by atoms with Crippen molar-refractivity contribution in [1.82, 2.24) is 0 Å². The van der Waals surface area contributed by atoms with E-state index >= 15 is 0 Å². The van der Waals surface area contributed by atoms with Gasteiger partial charge in [-0.2, -0.15) is 0 Å². The van der Waals surface area contributed by atoms with E-state index in [0.717, 1.165) is 21.6 Å². The van der Waals surface area contributed by atoms with Crippen LogP contribution in [0.25, 0.3) is 11.1 Å². The second-order valence-electron chi connectivity index (χ2n) is 6.68. The second kappa shape index (κ2) is 8.49. The summed E-state index contributed by atoms with van der Waals surface area (Å²) in [7, 11) is 2.85. The molecule has 0 aliphatic heterocycles. The normalized spacial score (nSPS) is 10.5. The Labute approximate surface area is 174 Å². The molecule has 3 rings (SSSR count). The highest BCUT2D eigenvalue weighted by Gasteiger charge is 2.26. The van der Waals surface area contributed by atoms with Crippen LogP contribution >= 0.6 is 11.3 Å². The van der Waals surface area contributed by atoms with Gasteiger partial charge in [0, 0.05) is 10.4 Å². The van der Waals surface area contributed by atoms with Crippen molar-refractivity contribution in [3.8, 4) is 16.9 Å². The van der Waals surface area contributed by atoms with Crippen molar-refractivity contribution in [1.29, 1.82) is 0 Å². The third kappa shape index (κ3) is 4.03. The first-order valence-corrected chi connectivity index (χ1v) is 9.92. The highest BCUT2D eigenvalue weighted by molar-refractivity contribution is 7.17. The predicted octanol–water partition coefficient (Wildman–Crippen LogP) is 5.39. The van der Waals surface area contributed by atoms with Crippen LogP contribution in [0.2, 0.25) is 0 Å².